The minimum atomic E-state index is 0.277. The van der Waals surface area contributed by atoms with Crippen LogP contribution >= 0.6 is 11.3 Å². The van der Waals surface area contributed by atoms with Crippen molar-refractivity contribution in [3.05, 3.63) is 27.3 Å². The first kappa shape index (κ1) is 18.4. The Labute approximate surface area is 147 Å². The van der Waals surface area contributed by atoms with Crippen molar-refractivity contribution < 1.29 is 4.52 Å². The molecule has 2 N–H and O–H groups in total. The average Bonchev–Trinajstić information content (AvgIpc) is 3.12. The Kier molecular flexibility index (Phi) is 6.72. The first-order valence-corrected chi connectivity index (χ1v) is 9.08. The molecule has 0 radical (unpaired) electrons. The Morgan fingerprint density at radius 2 is 2.04 bits per heavy atom. The van der Waals surface area contributed by atoms with Gasteiger partial charge in [-0.1, -0.05) is 19.0 Å². The third-order valence-corrected chi connectivity index (χ3v) is 4.48. The van der Waals surface area contributed by atoms with E-state index < -0.39 is 0 Å². The Balaban J connectivity index is 1.86. The van der Waals surface area contributed by atoms with Gasteiger partial charge in [0.15, 0.2) is 11.8 Å². The van der Waals surface area contributed by atoms with Gasteiger partial charge >= 0.3 is 0 Å². The van der Waals surface area contributed by atoms with Crippen LogP contribution in [-0.4, -0.2) is 34.2 Å². The van der Waals surface area contributed by atoms with Crippen molar-refractivity contribution >= 4 is 17.3 Å². The number of rotatable bonds is 7. The van der Waals surface area contributed by atoms with Gasteiger partial charge in [0, 0.05) is 30.3 Å². The Morgan fingerprint density at radius 1 is 1.25 bits per heavy atom. The van der Waals surface area contributed by atoms with Crippen LogP contribution in [0.3, 0.4) is 0 Å². The molecular weight excluding hydrogens is 324 g/mol. The van der Waals surface area contributed by atoms with Crippen molar-refractivity contribution in [3.63, 3.8) is 0 Å². The summed E-state index contributed by atoms with van der Waals surface area (Å²) < 4.78 is 5.24. The molecular formula is C16H26N6OS. The number of hydrogen-bond acceptors (Lipinski definition) is 6. The Bertz CT molecular complexity index is 656. The van der Waals surface area contributed by atoms with Gasteiger partial charge in [0.2, 0.25) is 5.89 Å². The Morgan fingerprint density at radius 3 is 2.62 bits per heavy atom. The third-order valence-electron chi connectivity index (χ3n) is 3.42. The van der Waals surface area contributed by atoms with Crippen LogP contribution in [0.25, 0.3) is 0 Å². The molecule has 8 heteroatoms. The lowest BCUT2D eigenvalue weighted by molar-refractivity contribution is 0.371. The fourth-order valence-corrected chi connectivity index (χ4v) is 2.85. The van der Waals surface area contributed by atoms with Crippen LogP contribution in [0.1, 0.15) is 54.0 Å². The van der Waals surface area contributed by atoms with Crippen molar-refractivity contribution in [1.29, 1.82) is 0 Å². The van der Waals surface area contributed by atoms with Gasteiger partial charge in [0.05, 0.1) is 12.2 Å². The minimum absolute atomic E-state index is 0.277. The molecule has 0 aliphatic heterocycles. The third kappa shape index (κ3) is 5.30. The van der Waals surface area contributed by atoms with Crippen LogP contribution in [0.2, 0.25) is 0 Å². The summed E-state index contributed by atoms with van der Waals surface area (Å²) in [6, 6.07) is 0. The number of nitrogens with one attached hydrogen (secondary N) is 2. The zero-order valence-electron chi connectivity index (χ0n) is 15.0. The lowest BCUT2D eigenvalue weighted by Gasteiger charge is -2.09. The molecule has 0 spiro atoms. The summed E-state index contributed by atoms with van der Waals surface area (Å²) in [4.78, 5) is 14.7. The van der Waals surface area contributed by atoms with Crippen molar-refractivity contribution in [2.75, 3.05) is 13.1 Å². The molecule has 0 aliphatic rings. The lowest BCUT2D eigenvalue weighted by atomic mass is 10.2. The van der Waals surface area contributed by atoms with E-state index in [1.165, 1.54) is 4.88 Å². The number of nitrogens with zero attached hydrogens (tertiary/aromatic N) is 4. The molecule has 0 amide bonds. The van der Waals surface area contributed by atoms with Crippen LogP contribution in [-0.2, 0) is 13.0 Å². The minimum Gasteiger partial charge on any atom is -0.357 e. The van der Waals surface area contributed by atoms with Gasteiger partial charge in [-0.15, -0.1) is 11.3 Å². The topological polar surface area (TPSA) is 88.2 Å². The van der Waals surface area contributed by atoms with Crippen LogP contribution in [0, 0.1) is 13.8 Å². The summed E-state index contributed by atoms with van der Waals surface area (Å²) in [5.74, 6) is 2.44. The van der Waals surface area contributed by atoms with E-state index in [0.717, 1.165) is 29.0 Å². The van der Waals surface area contributed by atoms with E-state index in [2.05, 4.69) is 37.7 Å². The monoisotopic (exact) mass is 350 g/mol. The van der Waals surface area contributed by atoms with Crippen molar-refractivity contribution in [1.82, 2.24) is 25.8 Å². The predicted octanol–water partition coefficient (Wildman–Crippen LogP) is 2.56. The van der Waals surface area contributed by atoms with Gasteiger partial charge in [0.25, 0.3) is 0 Å². The molecule has 0 bridgehead atoms. The van der Waals surface area contributed by atoms with Gasteiger partial charge in [-0.25, -0.2) is 9.98 Å². The molecule has 0 unspecified atom stereocenters. The smallest absolute Gasteiger partial charge is 0.228 e. The molecule has 0 aromatic carbocycles. The maximum Gasteiger partial charge on any atom is 0.228 e. The highest BCUT2D eigenvalue weighted by atomic mass is 32.1. The summed E-state index contributed by atoms with van der Waals surface area (Å²) >= 11 is 1.69. The molecule has 0 saturated heterocycles. The number of aromatic nitrogens is 3. The SMILES string of the molecule is CCNC(=NCc1nc(C)c(C)s1)NCCc1nc(C(C)C)no1. The summed E-state index contributed by atoms with van der Waals surface area (Å²) in [6.07, 6.45) is 0.666. The second-order valence-corrected chi connectivity index (χ2v) is 7.11. The number of hydrogen-bond donors (Lipinski definition) is 2. The molecule has 0 aliphatic carbocycles. The molecule has 132 valence electrons. The normalized spacial score (nSPS) is 12.0. The maximum absolute atomic E-state index is 5.24. The largest absolute Gasteiger partial charge is 0.357 e. The van der Waals surface area contributed by atoms with Crippen molar-refractivity contribution in [3.8, 4) is 0 Å². The molecule has 2 heterocycles. The summed E-state index contributed by atoms with van der Waals surface area (Å²) in [5, 5.41) is 11.5. The van der Waals surface area contributed by atoms with E-state index >= 15 is 0 Å². The van der Waals surface area contributed by atoms with Crippen molar-refractivity contribution in [2.24, 2.45) is 4.99 Å². The molecule has 0 fully saturated rings. The van der Waals surface area contributed by atoms with Gasteiger partial charge in [0.1, 0.15) is 5.01 Å². The fourth-order valence-electron chi connectivity index (χ4n) is 1.99. The van der Waals surface area contributed by atoms with E-state index in [9.17, 15) is 0 Å². The van der Waals surface area contributed by atoms with E-state index in [1.54, 1.807) is 11.3 Å². The van der Waals surface area contributed by atoms with E-state index in [4.69, 9.17) is 4.52 Å². The van der Waals surface area contributed by atoms with Crippen LogP contribution in [0.4, 0.5) is 0 Å². The second kappa shape index (κ2) is 8.77. The standard InChI is InChI=1S/C16H26N6OS/c1-6-17-16(19-9-14-20-11(4)12(5)24-14)18-8-7-13-21-15(10(2)3)22-23-13/h10H,6-9H2,1-5H3,(H2,17,18,19). The van der Waals surface area contributed by atoms with Crippen LogP contribution in [0.15, 0.2) is 9.52 Å². The van der Waals surface area contributed by atoms with Gasteiger partial charge in [-0.3, -0.25) is 0 Å². The first-order valence-electron chi connectivity index (χ1n) is 8.27. The summed E-state index contributed by atoms with van der Waals surface area (Å²) in [7, 11) is 0. The number of thiazole rings is 1. The molecule has 0 atom stereocenters. The van der Waals surface area contributed by atoms with E-state index in [-0.39, 0.29) is 5.92 Å². The van der Waals surface area contributed by atoms with Gasteiger partial charge in [-0.2, -0.15) is 4.98 Å². The lowest BCUT2D eigenvalue weighted by Crippen LogP contribution is -2.38. The Hall–Kier alpha value is -1.96. The van der Waals surface area contributed by atoms with Gasteiger partial charge < -0.3 is 15.2 Å². The predicted molar refractivity (Wildman–Crippen MR) is 96.5 cm³/mol. The number of aryl methyl sites for hydroxylation is 2. The molecule has 0 saturated carbocycles. The molecule has 2 aromatic heterocycles. The summed E-state index contributed by atoms with van der Waals surface area (Å²) in [5.41, 5.74) is 1.08. The highest BCUT2D eigenvalue weighted by molar-refractivity contribution is 7.11. The number of aliphatic imine (C=N–C) groups is 1. The zero-order valence-corrected chi connectivity index (χ0v) is 15.8. The van der Waals surface area contributed by atoms with E-state index in [1.807, 2.05) is 27.7 Å². The van der Waals surface area contributed by atoms with E-state index in [0.29, 0.717) is 25.4 Å². The number of guanidine groups is 1. The van der Waals surface area contributed by atoms with Gasteiger partial charge in [-0.05, 0) is 20.8 Å². The maximum atomic E-state index is 5.24. The molecule has 2 aromatic rings. The molecule has 2 rings (SSSR count). The zero-order chi connectivity index (χ0) is 17.5. The first-order chi connectivity index (χ1) is 11.5. The molecule has 24 heavy (non-hydrogen) atoms. The summed E-state index contributed by atoms with van der Waals surface area (Å²) in [6.45, 7) is 12.3. The van der Waals surface area contributed by atoms with Crippen LogP contribution in [0.5, 0.6) is 0 Å². The highest BCUT2D eigenvalue weighted by Gasteiger charge is 2.09. The average molecular weight is 350 g/mol. The van der Waals surface area contributed by atoms with Crippen LogP contribution < -0.4 is 10.6 Å². The second-order valence-electron chi connectivity index (χ2n) is 5.82. The van der Waals surface area contributed by atoms with Crippen molar-refractivity contribution in [2.45, 2.75) is 53.5 Å². The fraction of sp³-hybridized carbons (Fsp3) is 0.625. The quantitative estimate of drug-likeness (QED) is 0.589. The molecule has 7 nitrogen and oxygen atoms in total. The highest BCUT2D eigenvalue weighted by Crippen LogP contribution is 2.16.